The molecular formula is C11H11FN2O3S2. The maximum atomic E-state index is 13.6. The van der Waals surface area contributed by atoms with Crippen LogP contribution in [0.4, 0.5) is 15.8 Å². The molecule has 1 aromatic carbocycles. The van der Waals surface area contributed by atoms with Gasteiger partial charge in [-0.1, -0.05) is 0 Å². The molecule has 2 aromatic rings. The van der Waals surface area contributed by atoms with Crippen LogP contribution >= 0.6 is 11.3 Å². The molecule has 0 unspecified atom stereocenters. The molecule has 3 N–H and O–H groups in total. The summed E-state index contributed by atoms with van der Waals surface area (Å²) in [6.07, 6.45) is 0. The van der Waals surface area contributed by atoms with E-state index >= 15 is 0 Å². The van der Waals surface area contributed by atoms with Crippen LogP contribution < -0.4 is 15.2 Å². The minimum Gasteiger partial charge on any atom is -0.497 e. The van der Waals surface area contributed by atoms with E-state index in [1.807, 2.05) is 0 Å². The molecule has 0 radical (unpaired) electrons. The number of rotatable bonds is 4. The van der Waals surface area contributed by atoms with Crippen LogP contribution in [0.25, 0.3) is 0 Å². The van der Waals surface area contributed by atoms with Gasteiger partial charge < -0.3 is 10.5 Å². The van der Waals surface area contributed by atoms with E-state index in [0.717, 1.165) is 17.4 Å². The van der Waals surface area contributed by atoms with E-state index in [1.54, 1.807) is 0 Å². The van der Waals surface area contributed by atoms with Gasteiger partial charge in [-0.3, -0.25) is 4.72 Å². The van der Waals surface area contributed by atoms with Crippen molar-refractivity contribution < 1.29 is 17.5 Å². The molecule has 1 heterocycles. The molecule has 0 aliphatic carbocycles. The summed E-state index contributed by atoms with van der Waals surface area (Å²) in [5, 5.41) is 1.50. The summed E-state index contributed by atoms with van der Waals surface area (Å²) in [6, 6.07) is 5.10. The number of nitrogens with one attached hydrogen (secondary N) is 1. The molecule has 8 heteroatoms. The molecule has 0 saturated heterocycles. The Hall–Kier alpha value is -1.80. The van der Waals surface area contributed by atoms with Crippen LogP contribution in [0.5, 0.6) is 5.75 Å². The predicted octanol–water partition coefficient (Wildman–Crippen LogP) is 2.28. The summed E-state index contributed by atoms with van der Waals surface area (Å²) in [7, 11) is -2.44. The van der Waals surface area contributed by atoms with Crippen molar-refractivity contribution in [3.63, 3.8) is 0 Å². The lowest BCUT2D eigenvalue weighted by Gasteiger charge is -2.08. The van der Waals surface area contributed by atoms with Crippen molar-refractivity contribution in [3.8, 4) is 5.75 Å². The molecule has 0 atom stereocenters. The highest BCUT2D eigenvalue weighted by Gasteiger charge is 2.18. The van der Waals surface area contributed by atoms with Gasteiger partial charge in [-0.15, -0.1) is 11.3 Å². The quantitative estimate of drug-likeness (QED) is 0.908. The van der Waals surface area contributed by atoms with Crippen molar-refractivity contribution in [3.05, 3.63) is 35.5 Å². The highest BCUT2D eigenvalue weighted by atomic mass is 32.2. The number of hydrogen-bond donors (Lipinski definition) is 2. The molecule has 0 saturated carbocycles. The van der Waals surface area contributed by atoms with Crippen LogP contribution in [0.1, 0.15) is 0 Å². The normalized spacial score (nSPS) is 11.3. The molecule has 1 aromatic heterocycles. The second kappa shape index (κ2) is 5.06. The maximum Gasteiger partial charge on any atom is 0.271 e. The van der Waals surface area contributed by atoms with Crippen molar-refractivity contribution in [2.45, 2.75) is 4.21 Å². The highest BCUT2D eigenvalue weighted by Crippen LogP contribution is 2.27. The van der Waals surface area contributed by atoms with Crippen LogP contribution in [-0.2, 0) is 10.0 Å². The van der Waals surface area contributed by atoms with Crippen LogP contribution in [0, 0.1) is 5.82 Å². The minimum absolute atomic E-state index is 0.0206. The van der Waals surface area contributed by atoms with Crippen LogP contribution in [0.3, 0.4) is 0 Å². The Morgan fingerprint density at radius 1 is 1.37 bits per heavy atom. The first-order valence-electron chi connectivity index (χ1n) is 5.13. The van der Waals surface area contributed by atoms with Gasteiger partial charge in [0, 0.05) is 17.1 Å². The first kappa shape index (κ1) is 13.6. The van der Waals surface area contributed by atoms with Crippen LogP contribution in [-0.4, -0.2) is 15.5 Å². The molecule has 0 aliphatic rings. The summed E-state index contributed by atoms with van der Waals surface area (Å²) >= 11 is 0.962. The average Bonchev–Trinajstić information content (AvgIpc) is 2.79. The number of hydrogen-bond acceptors (Lipinski definition) is 5. The van der Waals surface area contributed by atoms with Gasteiger partial charge in [0.25, 0.3) is 10.0 Å². The number of anilines is 2. The smallest absolute Gasteiger partial charge is 0.271 e. The highest BCUT2D eigenvalue weighted by molar-refractivity contribution is 7.94. The van der Waals surface area contributed by atoms with Crippen molar-refractivity contribution in [1.29, 1.82) is 0 Å². The summed E-state index contributed by atoms with van der Waals surface area (Å²) in [4.78, 5) is 0. The number of thiophene rings is 1. The predicted molar refractivity (Wildman–Crippen MR) is 72.5 cm³/mol. The van der Waals surface area contributed by atoms with Crippen molar-refractivity contribution in [1.82, 2.24) is 0 Å². The van der Waals surface area contributed by atoms with E-state index < -0.39 is 15.8 Å². The molecule has 19 heavy (non-hydrogen) atoms. The number of nitrogen functional groups attached to an aromatic ring is 1. The topological polar surface area (TPSA) is 81.4 Å². The van der Waals surface area contributed by atoms with Crippen molar-refractivity contribution in [2.75, 3.05) is 17.6 Å². The van der Waals surface area contributed by atoms with Gasteiger partial charge in [-0.2, -0.15) is 0 Å². The summed E-state index contributed by atoms with van der Waals surface area (Å²) in [5.74, 6) is -0.335. The van der Waals surface area contributed by atoms with Gasteiger partial charge in [-0.05, 0) is 18.2 Å². The number of halogens is 1. The Balaban J connectivity index is 2.35. The number of sulfonamides is 1. The number of benzene rings is 1. The van der Waals surface area contributed by atoms with Crippen molar-refractivity contribution in [2.24, 2.45) is 0 Å². The Labute approximate surface area is 113 Å². The largest absolute Gasteiger partial charge is 0.497 e. The van der Waals surface area contributed by atoms with Crippen molar-refractivity contribution >= 4 is 32.7 Å². The zero-order valence-electron chi connectivity index (χ0n) is 9.88. The Morgan fingerprint density at radius 3 is 2.68 bits per heavy atom. The third-order valence-electron chi connectivity index (χ3n) is 2.28. The third kappa shape index (κ3) is 2.96. The Morgan fingerprint density at radius 2 is 2.11 bits per heavy atom. The Kier molecular flexibility index (Phi) is 3.63. The van der Waals surface area contributed by atoms with Gasteiger partial charge >= 0.3 is 0 Å². The van der Waals surface area contributed by atoms with Gasteiger partial charge in [0.1, 0.15) is 15.8 Å². The molecule has 0 fully saturated rings. The summed E-state index contributed by atoms with van der Waals surface area (Å²) in [6.45, 7) is 0. The average molecular weight is 302 g/mol. The van der Waals surface area contributed by atoms with E-state index in [2.05, 4.69) is 4.72 Å². The van der Waals surface area contributed by atoms with Gasteiger partial charge in [0.05, 0.1) is 12.8 Å². The monoisotopic (exact) mass is 302 g/mol. The molecule has 102 valence electrons. The molecule has 0 aliphatic heterocycles. The molecule has 2 rings (SSSR count). The molecule has 0 spiro atoms. The van der Waals surface area contributed by atoms with E-state index in [-0.39, 0.29) is 9.90 Å². The lowest BCUT2D eigenvalue weighted by molar-refractivity contribution is 0.414. The third-order valence-corrected chi connectivity index (χ3v) is 5.10. The fourth-order valence-corrected chi connectivity index (χ4v) is 3.51. The maximum absolute atomic E-state index is 13.6. The number of ether oxygens (including phenoxy) is 1. The molecule has 0 amide bonds. The van der Waals surface area contributed by atoms with Gasteiger partial charge in [0.15, 0.2) is 0 Å². The lowest BCUT2D eigenvalue weighted by atomic mass is 10.3. The van der Waals surface area contributed by atoms with Crippen LogP contribution in [0.15, 0.2) is 33.9 Å². The Bertz CT molecular complexity index is 698. The fraction of sp³-hybridized carbons (Fsp3) is 0.0909. The van der Waals surface area contributed by atoms with E-state index in [1.165, 1.54) is 30.7 Å². The molecular weight excluding hydrogens is 291 g/mol. The summed E-state index contributed by atoms with van der Waals surface area (Å²) in [5.41, 5.74) is 5.64. The second-order valence-electron chi connectivity index (χ2n) is 3.65. The van der Waals surface area contributed by atoms with E-state index in [9.17, 15) is 12.8 Å². The zero-order valence-corrected chi connectivity index (χ0v) is 11.5. The fourth-order valence-electron chi connectivity index (χ4n) is 1.38. The number of nitrogens with two attached hydrogens (primary N) is 1. The van der Waals surface area contributed by atoms with E-state index in [4.69, 9.17) is 10.5 Å². The van der Waals surface area contributed by atoms with E-state index in [0.29, 0.717) is 11.4 Å². The molecule has 5 nitrogen and oxygen atoms in total. The minimum atomic E-state index is -3.85. The van der Waals surface area contributed by atoms with Gasteiger partial charge in [0.2, 0.25) is 0 Å². The standard InChI is InChI=1S/C11H11FN2O3S2/c1-17-8-2-3-9(12)10(5-8)14-19(15,16)11-4-7(13)6-18-11/h2-6,14H,13H2,1H3. The lowest BCUT2D eigenvalue weighted by Crippen LogP contribution is -2.12. The molecule has 0 bridgehead atoms. The van der Waals surface area contributed by atoms with Gasteiger partial charge in [-0.25, -0.2) is 12.8 Å². The van der Waals surface area contributed by atoms with Crippen LogP contribution in [0.2, 0.25) is 0 Å². The summed E-state index contributed by atoms with van der Waals surface area (Å²) < 4.78 is 44.7. The zero-order chi connectivity index (χ0) is 14.0. The number of methoxy groups -OCH3 is 1. The first-order valence-corrected chi connectivity index (χ1v) is 7.49. The SMILES string of the molecule is COc1ccc(F)c(NS(=O)(=O)c2cc(N)cs2)c1. The second-order valence-corrected chi connectivity index (χ2v) is 6.47. The first-order chi connectivity index (χ1) is 8.92.